The van der Waals surface area contributed by atoms with Crippen LogP contribution in [0.4, 0.5) is 9.93 Å². The SMILES string of the molecule is CO/N=C(\C(=O)NC1C(=O)N(S(=O)(=O)O)C1CNC(=O)OCCS(C)(=O)=O)c1csc(NC(=O)CCl)n1.[NaH]. The topological polar surface area (TPSA) is 240 Å². The van der Waals surface area contributed by atoms with E-state index in [1.54, 1.807) is 0 Å². The van der Waals surface area contributed by atoms with E-state index in [1.807, 2.05) is 0 Å². The summed E-state index contributed by atoms with van der Waals surface area (Å²) in [6, 6.07) is -3.03. The monoisotopic (exact) mass is 628 g/mol. The summed E-state index contributed by atoms with van der Waals surface area (Å²) in [4.78, 5) is 57.1. The molecule has 2 heterocycles. The predicted octanol–water partition coefficient (Wildman–Crippen LogP) is -2.71. The van der Waals surface area contributed by atoms with Gasteiger partial charge in [0, 0.05) is 18.2 Å². The number of ether oxygens (including phenoxy) is 1. The molecule has 2 unspecified atom stereocenters. The Balaban J connectivity index is 0.00000722. The number of hydrogen-bond donors (Lipinski definition) is 4. The fraction of sp³-hybridized carbons (Fsp3) is 0.500. The molecule has 1 aromatic rings. The standard InChI is InChI=1S/C16H21ClN6O11S3.Na.H/c1-33-22-11(8-7-35-15(19-8)20-10(24)5-17)13(25)21-12-9(23(14(12)26)37(30,31)32)6-18-16(27)34-3-4-36(2,28)29;;/h7,9,12H,3-6H2,1-2H3,(H,18,27)(H,21,25)(H,19,20,24)(H,30,31,32);;/b22-11-;;. The summed E-state index contributed by atoms with van der Waals surface area (Å²) in [5.74, 6) is -3.64. The number of halogens is 1. The van der Waals surface area contributed by atoms with Gasteiger partial charge >= 0.3 is 46.0 Å². The van der Waals surface area contributed by atoms with E-state index < -0.39 is 80.7 Å². The predicted molar refractivity (Wildman–Crippen MR) is 135 cm³/mol. The van der Waals surface area contributed by atoms with Gasteiger partial charge in [-0.3, -0.25) is 18.9 Å². The van der Waals surface area contributed by atoms with Gasteiger partial charge in [0.15, 0.2) is 20.7 Å². The van der Waals surface area contributed by atoms with Crippen LogP contribution < -0.4 is 16.0 Å². The molecule has 0 radical (unpaired) electrons. The van der Waals surface area contributed by atoms with Gasteiger partial charge in [0.25, 0.3) is 11.8 Å². The minimum absolute atomic E-state index is 0. The van der Waals surface area contributed by atoms with Crippen molar-refractivity contribution in [2.75, 3.05) is 43.5 Å². The molecular formula is C16H22ClN6NaO11S3. The Morgan fingerprint density at radius 1 is 1.29 bits per heavy atom. The van der Waals surface area contributed by atoms with Crippen LogP contribution in [-0.2, 0) is 44.1 Å². The van der Waals surface area contributed by atoms with Gasteiger partial charge in [-0.15, -0.1) is 22.9 Å². The normalized spacial score (nSPS) is 17.5. The van der Waals surface area contributed by atoms with Crippen LogP contribution in [0.1, 0.15) is 5.69 Å². The number of nitrogens with one attached hydrogen (secondary N) is 3. The summed E-state index contributed by atoms with van der Waals surface area (Å²) in [5, 5.41) is 11.7. The van der Waals surface area contributed by atoms with Crippen molar-refractivity contribution in [1.82, 2.24) is 19.9 Å². The molecule has 2 atom stereocenters. The Morgan fingerprint density at radius 3 is 2.50 bits per heavy atom. The zero-order valence-corrected chi connectivity index (χ0v) is 22.2. The molecule has 208 valence electrons. The van der Waals surface area contributed by atoms with Crippen LogP contribution in [0.25, 0.3) is 0 Å². The van der Waals surface area contributed by atoms with E-state index >= 15 is 0 Å². The van der Waals surface area contributed by atoms with Crippen LogP contribution >= 0.6 is 22.9 Å². The van der Waals surface area contributed by atoms with Crippen molar-refractivity contribution in [1.29, 1.82) is 0 Å². The maximum absolute atomic E-state index is 12.8. The van der Waals surface area contributed by atoms with E-state index in [1.165, 1.54) is 5.38 Å². The van der Waals surface area contributed by atoms with E-state index in [2.05, 4.69) is 35.7 Å². The van der Waals surface area contributed by atoms with Crippen molar-refractivity contribution in [3.63, 3.8) is 0 Å². The molecule has 1 aromatic heterocycles. The first-order chi connectivity index (χ1) is 17.2. The molecule has 38 heavy (non-hydrogen) atoms. The van der Waals surface area contributed by atoms with Gasteiger partial charge in [-0.25, -0.2) is 22.5 Å². The second kappa shape index (κ2) is 14.4. The second-order valence-corrected chi connectivity index (χ2v) is 11.8. The summed E-state index contributed by atoms with van der Waals surface area (Å²) in [6.45, 7) is -1.11. The summed E-state index contributed by atoms with van der Waals surface area (Å²) in [5.41, 5.74) is -0.521. The molecule has 4 N–H and O–H groups in total. The Bertz CT molecular complexity index is 1300. The van der Waals surface area contributed by atoms with Gasteiger partial charge in [0.1, 0.15) is 31.3 Å². The first-order valence-corrected chi connectivity index (χ1v) is 14.7. The van der Waals surface area contributed by atoms with Crippen LogP contribution in [-0.4, -0.2) is 140 Å². The average molecular weight is 629 g/mol. The van der Waals surface area contributed by atoms with Crippen molar-refractivity contribution >= 4 is 107 Å². The summed E-state index contributed by atoms with van der Waals surface area (Å²) in [7, 11) is -7.36. The van der Waals surface area contributed by atoms with Crippen molar-refractivity contribution < 1.29 is 50.1 Å². The molecule has 2 rings (SSSR count). The molecule has 1 fully saturated rings. The van der Waals surface area contributed by atoms with Gasteiger partial charge in [0.2, 0.25) is 5.91 Å². The number of carbonyl (C=O) groups excluding carboxylic acids is 4. The number of nitrogens with zero attached hydrogens (tertiary/aromatic N) is 3. The van der Waals surface area contributed by atoms with Crippen LogP contribution in [0.3, 0.4) is 0 Å². The van der Waals surface area contributed by atoms with Gasteiger partial charge in [-0.05, 0) is 0 Å². The maximum atomic E-state index is 12.8. The third-order valence-electron chi connectivity index (χ3n) is 4.36. The number of alkyl halides is 1. The van der Waals surface area contributed by atoms with E-state index in [-0.39, 0.29) is 50.6 Å². The van der Waals surface area contributed by atoms with Crippen molar-refractivity contribution in [3.8, 4) is 0 Å². The number of rotatable bonds is 12. The molecule has 0 saturated carbocycles. The van der Waals surface area contributed by atoms with Crippen LogP contribution in [0.15, 0.2) is 10.5 Å². The Labute approximate surface area is 247 Å². The number of thiazole rings is 1. The Hall–Kier alpha value is -2.07. The molecule has 0 aliphatic carbocycles. The van der Waals surface area contributed by atoms with Gasteiger partial charge < -0.3 is 25.5 Å². The quantitative estimate of drug-likeness (QED) is 0.0461. The third kappa shape index (κ3) is 9.59. The number of β-lactam (4-membered cyclic amide) rings is 1. The molecule has 0 aromatic carbocycles. The number of carbonyl (C=O) groups is 4. The molecule has 1 aliphatic heterocycles. The summed E-state index contributed by atoms with van der Waals surface area (Å²) >= 11 is 6.34. The number of sulfone groups is 1. The number of oxime groups is 1. The van der Waals surface area contributed by atoms with Gasteiger partial charge in [0.05, 0.1) is 11.8 Å². The van der Waals surface area contributed by atoms with Gasteiger partial charge in [-0.1, -0.05) is 5.16 Å². The molecule has 0 bridgehead atoms. The van der Waals surface area contributed by atoms with Crippen molar-refractivity contribution in [3.05, 3.63) is 11.1 Å². The van der Waals surface area contributed by atoms with Crippen LogP contribution in [0, 0.1) is 0 Å². The molecular weight excluding hydrogens is 607 g/mol. The number of aromatic nitrogens is 1. The zero-order valence-electron chi connectivity index (χ0n) is 19.0. The number of amides is 4. The second-order valence-electron chi connectivity index (χ2n) is 7.12. The number of hydrogen-bond acceptors (Lipinski definition) is 13. The first kappa shape index (κ1) is 34.0. The molecule has 0 spiro atoms. The van der Waals surface area contributed by atoms with Crippen molar-refractivity contribution in [2.45, 2.75) is 12.1 Å². The molecule has 4 amide bonds. The summed E-state index contributed by atoms with van der Waals surface area (Å²) < 4.78 is 59.4. The minimum atomic E-state index is -5.07. The third-order valence-corrected chi connectivity index (χ3v) is 7.22. The molecule has 22 heteroatoms. The summed E-state index contributed by atoms with van der Waals surface area (Å²) in [6.07, 6.45) is -0.214. The van der Waals surface area contributed by atoms with E-state index in [9.17, 15) is 40.6 Å². The molecule has 1 aliphatic rings. The van der Waals surface area contributed by atoms with E-state index in [0.29, 0.717) is 0 Å². The fourth-order valence-electron chi connectivity index (χ4n) is 2.78. The Kier molecular flexibility index (Phi) is 12.8. The van der Waals surface area contributed by atoms with Crippen molar-refractivity contribution in [2.24, 2.45) is 5.16 Å². The van der Waals surface area contributed by atoms with E-state index in [0.717, 1.165) is 24.7 Å². The number of anilines is 1. The zero-order chi connectivity index (χ0) is 28.0. The first-order valence-electron chi connectivity index (χ1n) is 9.80. The average Bonchev–Trinajstić information content (AvgIpc) is 3.24. The molecule has 17 nitrogen and oxygen atoms in total. The Morgan fingerprint density at radius 2 is 1.95 bits per heavy atom. The number of alkyl carbamates (subject to hydrolysis) is 1. The van der Waals surface area contributed by atoms with E-state index in [4.69, 9.17) is 11.6 Å². The van der Waals surface area contributed by atoms with Crippen LogP contribution in [0.5, 0.6) is 0 Å². The van der Waals surface area contributed by atoms with Crippen LogP contribution in [0.2, 0.25) is 0 Å². The fourth-order valence-corrected chi connectivity index (χ4v) is 4.83. The van der Waals surface area contributed by atoms with Gasteiger partial charge in [-0.2, -0.15) is 8.42 Å². The molecule has 1 saturated heterocycles.